The van der Waals surface area contributed by atoms with Gasteiger partial charge in [-0.3, -0.25) is 4.79 Å². The van der Waals surface area contributed by atoms with E-state index in [1.807, 2.05) is 6.07 Å². The Morgan fingerprint density at radius 2 is 2.00 bits per heavy atom. The van der Waals surface area contributed by atoms with Crippen molar-refractivity contribution in [3.8, 4) is 28.7 Å². The van der Waals surface area contributed by atoms with Crippen molar-refractivity contribution >= 4 is 22.7 Å². The Bertz CT molecular complexity index is 1600. The molecule has 2 atom stereocenters. The van der Waals surface area contributed by atoms with Gasteiger partial charge in [0, 0.05) is 29.3 Å². The van der Waals surface area contributed by atoms with Gasteiger partial charge in [-0.05, 0) is 62.6 Å². The van der Waals surface area contributed by atoms with E-state index in [1.54, 1.807) is 13.0 Å². The molecule has 2 bridgehead atoms. The van der Waals surface area contributed by atoms with Gasteiger partial charge in [-0.25, -0.2) is 18.2 Å². The van der Waals surface area contributed by atoms with Crippen LogP contribution in [0.25, 0.3) is 33.5 Å². The summed E-state index contributed by atoms with van der Waals surface area (Å²) in [7, 11) is 0. The van der Waals surface area contributed by atoms with Gasteiger partial charge in [-0.15, -0.1) is 0 Å². The van der Waals surface area contributed by atoms with Gasteiger partial charge in [-0.1, -0.05) is 0 Å². The molecule has 7 rings (SSSR count). The summed E-state index contributed by atoms with van der Waals surface area (Å²) in [4.78, 5) is 20.3. The largest absolute Gasteiger partial charge is 0.466 e. The molecule has 3 aliphatic carbocycles. The SMILES string of the molecule is CCOC(=O)[C@@H]1C2CCC(CC2)[C@H]1Nc1nc(-c2c[nH]c3c(F)cc(F)cc23)c(C#N)c(-c2ccco2)c1F. The topological polar surface area (TPSA) is 104 Å². The molecule has 3 aliphatic rings. The van der Waals surface area contributed by atoms with Crippen molar-refractivity contribution < 1.29 is 27.1 Å². The van der Waals surface area contributed by atoms with Crippen LogP contribution in [0.3, 0.4) is 0 Å². The average Bonchev–Trinajstić information content (AvgIpc) is 3.61. The molecule has 0 radical (unpaired) electrons. The van der Waals surface area contributed by atoms with Crippen LogP contribution in [0.1, 0.15) is 38.2 Å². The number of ether oxygens (including phenoxy) is 1. The number of nitriles is 1. The second-order valence-corrected chi connectivity index (χ2v) is 10.1. The van der Waals surface area contributed by atoms with Crippen LogP contribution in [0.15, 0.2) is 41.1 Å². The summed E-state index contributed by atoms with van der Waals surface area (Å²) in [5.74, 6) is -3.09. The number of hydrogen-bond donors (Lipinski definition) is 2. The smallest absolute Gasteiger partial charge is 0.311 e. The number of furan rings is 1. The lowest BCUT2D eigenvalue weighted by Crippen LogP contribution is -2.52. The minimum absolute atomic E-state index is 0.0257. The molecule has 7 nitrogen and oxygen atoms in total. The number of H-pyrrole nitrogens is 1. The maximum atomic E-state index is 16.2. The van der Waals surface area contributed by atoms with Crippen molar-refractivity contribution in [1.29, 1.82) is 5.26 Å². The van der Waals surface area contributed by atoms with Gasteiger partial charge in [0.15, 0.2) is 11.6 Å². The zero-order chi connectivity index (χ0) is 27.3. The van der Waals surface area contributed by atoms with E-state index in [1.165, 1.54) is 18.5 Å². The number of aromatic amines is 1. The van der Waals surface area contributed by atoms with Crippen LogP contribution in [0.5, 0.6) is 0 Å². The van der Waals surface area contributed by atoms with Gasteiger partial charge in [0.1, 0.15) is 23.5 Å². The summed E-state index contributed by atoms with van der Waals surface area (Å²) in [6.07, 6.45) is 6.32. The number of aromatic nitrogens is 2. The Hall–Kier alpha value is -4.26. The van der Waals surface area contributed by atoms with Gasteiger partial charge >= 0.3 is 5.97 Å². The van der Waals surface area contributed by atoms with Crippen LogP contribution in [0.4, 0.5) is 19.0 Å². The van der Waals surface area contributed by atoms with Gasteiger partial charge in [-0.2, -0.15) is 5.26 Å². The second-order valence-electron chi connectivity index (χ2n) is 10.1. The van der Waals surface area contributed by atoms with E-state index < -0.39 is 29.4 Å². The van der Waals surface area contributed by atoms with Crippen molar-refractivity contribution in [2.45, 2.75) is 38.6 Å². The number of anilines is 1. The number of hydrogen-bond acceptors (Lipinski definition) is 6. The maximum absolute atomic E-state index is 16.2. The lowest BCUT2D eigenvalue weighted by Gasteiger charge is -2.47. The Morgan fingerprint density at radius 3 is 2.69 bits per heavy atom. The first kappa shape index (κ1) is 25.0. The number of pyridine rings is 1. The second kappa shape index (κ2) is 9.80. The fourth-order valence-electron chi connectivity index (χ4n) is 6.36. The molecule has 0 amide bonds. The lowest BCUT2D eigenvalue weighted by atomic mass is 9.61. The molecule has 0 saturated heterocycles. The highest BCUT2D eigenvalue weighted by atomic mass is 19.1. The van der Waals surface area contributed by atoms with Crippen molar-refractivity contribution in [3.05, 3.63) is 59.7 Å². The zero-order valence-corrected chi connectivity index (χ0v) is 21.1. The number of carbonyl (C=O) groups is 1. The molecule has 0 aliphatic heterocycles. The number of fused-ring (bicyclic) bond motifs is 4. The first-order chi connectivity index (χ1) is 18.9. The highest BCUT2D eigenvalue weighted by Gasteiger charge is 2.48. The molecular formula is C29H25F3N4O3. The highest BCUT2D eigenvalue weighted by molar-refractivity contribution is 5.98. The fraction of sp³-hybridized carbons (Fsp3) is 0.345. The minimum atomic E-state index is -0.813. The Morgan fingerprint density at radius 1 is 1.23 bits per heavy atom. The molecule has 3 aromatic heterocycles. The van der Waals surface area contributed by atoms with E-state index in [9.17, 15) is 18.8 Å². The highest BCUT2D eigenvalue weighted by Crippen LogP contribution is 2.48. The number of rotatable bonds is 6. The molecule has 3 fully saturated rings. The summed E-state index contributed by atoms with van der Waals surface area (Å²) in [5.41, 5.74) is 0.00334. The third-order valence-electron chi connectivity index (χ3n) is 8.06. The predicted octanol–water partition coefficient (Wildman–Crippen LogP) is 6.56. The third kappa shape index (κ3) is 4.13. The number of nitrogens with zero attached hydrogens (tertiary/aromatic N) is 2. The van der Waals surface area contributed by atoms with Crippen LogP contribution >= 0.6 is 0 Å². The molecule has 39 heavy (non-hydrogen) atoms. The van der Waals surface area contributed by atoms with E-state index in [0.29, 0.717) is 0 Å². The van der Waals surface area contributed by atoms with Gasteiger partial charge in [0.2, 0.25) is 0 Å². The van der Waals surface area contributed by atoms with Gasteiger partial charge < -0.3 is 19.5 Å². The van der Waals surface area contributed by atoms with Crippen LogP contribution < -0.4 is 5.32 Å². The molecule has 1 aromatic carbocycles. The lowest BCUT2D eigenvalue weighted by molar-refractivity contribution is -0.154. The summed E-state index contributed by atoms with van der Waals surface area (Å²) in [5, 5.41) is 13.5. The molecular weight excluding hydrogens is 509 g/mol. The van der Waals surface area contributed by atoms with Crippen LogP contribution in [0.2, 0.25) is 0 Å². The minimum Gasteiger partial charge on any atom is -0.466 e. The standard InChI is InChI=1S/C29H25F3N4O3/c1-2-38-29(37)22-14-5-7-15(8-6-14)25(22)35-28-24(32)23(21-4-3-9-39-21)18(12-33)26(36-28)19-13-34-27-17(19)10-16(30)11-20(27)31/h3-4,9-11,13-15,22,25,34H,2,5-8H2,1H3,(H,35,36)/t14?,15?,22-,25-/m1/s1. The number of esters is 1. The van der Waals surface area contributed by atoms with Crippen LogP contribution in [0, 0.1) is 46.5 Å². The van der Waals surface area contributed by atoms with Crippen LogP contribution in [-0.2, 0) is 9.53 Å². The van der Waals surface area contributed by atoms with E-state index in [4.69, 9.17) is 9.15 Å². The molecule has 3 heterocycles. The molecule has 0 spiro atoms. The molecule has 0 unspecified atom stereocenters. The van der Waals surface area contributed by atoms with Crippen molar-refractivity contribution in [2.24, 2.45) is 17.8 Å². The molecule has 200 valence electrons. The number of carbonyl (C=O) groups excluding carboxylic acids is 1. The average molecular weight is 535 g/mol. The third-order valence-corrected chi connectivity index (χ3v) is 8.06. The Balaban J connectivity index is 1.54. The maximum Gasteiger partial charge on any atom is 0.311 e. The van der Waals surface area contributed by atoms with Gasteiger partial charge in [0.05, 0.1) is 41.1 Å². The van der Waals surface area contributed by atoms with E-state index in [0.717, 1.165) is 37.8 Å². The molecule has 4 aromatic rings. The Kier molecular flexibility index (Phi) is 6.29. The van der Waals surface area contributed by atoms with Crippen molar-refractivity contribution in [3.63, 3.8) is 0 Å². The summed E-state index contributed by atoms with van der Waals surface area (Å²) in [6.45, 7) is 1.99. The number of benzene rings is 1. The number of nitrogens with one attached hydrogen (secondary N) is 2. The zero-order valence-electron chi connectivity index (χ0n) is 21.1. The molecule has 2 N–H and O–H groups in total. The van der Waals surface area contributed by atoms with Crippen LogP contribution in [-0.4, -0.2) is 28.6 Å². The predicted molar refractivity (Wildman–Crippen MR) is 137 cm³/mol. The quantitative estimate of drug-likeness (QED) is 0.272. The Labute approximate surface area is 222 Å². The monoisotopic (exact) mass is 534 g/mol. The van der Waals surface area contributed by atoms with E-state index in [-0.39, 0.29) is 69.3 Å². The summed E-state index contributed by atoms with van der Waals surface area (Å²) in [6, 6.07) is 6.55. The molecule has 3 saturated carbocycles. The molecule has 10 heteroatoms. The van der Waals surface area contributed by atoms with E-state index in [2.05, 4.69) is 15.3 Å². The summed E-state index contributed by atoms with van der Waals surface area (Å²) < 4.78 is 55.8. The normalized spacial score (nSPS) is 22.1. The van der Waals surface area contributed by atoms with Crippen molar-refractivity contribution in [1.82, 2.24) is 9.97 Å². The summed E-state index contributed by atoms with van der Waals surface area (Å²) >= 11 is 0. The fourth-order valence-corrected chi connectivity index (χ4v) is 6.36. The van der Waals surface area contributed by atoms with Crippen molar-refractivity contribution in [2.75, 3.05) is 11.9 Å². The van der Waals surface area contributed by atoms with E-state index >= 15 is 4.39 Å². The first-order valence-electron chi connectivity index (χ1n) is 13.0. The van der Waals surface area contributed by atoms with Gasteiger partial charge in [0.25, 0.3) is 0 Å². The number of halogens is 3. The first-order valence-corrected chi connectivity index (χ1v) is 13.0.